The highest BCUT2D eigenvalue weighted by atomic mass is 79.9. The van der Waals surface area contributed by atoms with Crippen LogP contribution < -0.4 is 15.2 Å². The lowest BCUT2D eigenvalue weighted by molar-refractivity contribution is -0.153. The number of hydrogen-bond donors (Lipinski definition) is 3. The largest absolute Gasteiger partial charge is 0.497 e. The van der Waals surface area contributed by atoms with Crippen LogP contribution in [0.25, 0.3) is 0 Å². The second-order valence-corrected chi connectivity index (χ2v) is 9.15. The van der Waals surface area contributed by atoms with Gasteiger partial charge in [-0.2, -0.15) is 0 Å². The van der Waals surface area contributed by atoms with Gasteiger partial charge >= 0.3 is 0 Å². The van der Waals surface area contributed by atoms with Crippen LogP contribution in [0.15, 0.2) is 77.3 Å². The average molecular weight is 496 g/mol. The van der Waals surface area contributed by atoms with Crippen LogP contribution in [0.2, 0.25) is 0 Å². The predicted octanol–water partition coefficient (Wildman–Crippen LogP) is 3.19. The molecule has 1 fully saturated rings. The summed E-state index contributed by atoms with van der Waals surface area (Å²) < 4.78 is 12.8. The van der Waals surface area contributed by atoms with Crippen molar-refractivity contribution in [2.24, 2.45) is 11.7 Å². The molecule has 1 heterocycles. The van der Waals surface area contributed by atoms with E-state index in [1.165, 1.54) is 0 Å². The van der Waals surface area contributed by atoms with Gasteiger partial charge in [0, 0.05) is 22.0 Å². The molecule has 0 saturated heterocycles. The SMILES string of the molecule is COc1ccc2c(c1)O[C@@]1(c3ccc(Br)cc3)[C@H](c3ccccc3)[C@@H](C(N)=O)[C@@H](O)[C@@]21O. The van der Waals surface area contributed by atoms with Gasteiger partial charge in [-0.25, -0.2) is 0 Å². The van der Waals surface area contributed by atoms with Gasteiger partial charge in [0.05, 0.1) is 13.0 Å². The van der Waals surface area contributed by atoms with E-state index in [1.54, 1.807) is 25.3 Å². The summed E-state index contributed by atoms with van der Waals surface area (Å²) in [6.45, 7) is 0. The van der Waals surface area contributed by atoms with Crippen molar-refractivity contribution < 1.29 is 24.5 Å². The van der Waals surface area contributed by atoms with Crippen LogP contribution in [0, 0.1) is 5.92 Å². The maximum atomic E-state index is 12.7. The summed E-state index contributed by atoms with van der Waals surface area (Å²) in [5.41, 5.74) is 4.12. The fourth-order valence-corrected chi connectivity index (χ4v) is 5.70. The Morgan fingerprint density at radius 1 is 1.09 bits per heavy atom. The van der Waals surface area contributed by atoms with Gasteiger partial charge in [-0.3, -0.25) is 4.79 Å². The zero-order valence-electron chi connectivity index (χ0n) is 17.2. The molecule has 0 spiro atoms. The first-order chi connectivity index (χ1) is 15.3. The number of rotatable bonds is 4. The molecule has 164 valence electrons. The van der Waals surface area contributed by atoms with E-state index in [0.717, 1.165) is 10.0 Å². The number of carbonyl (C=O) groups is 1. The molecule has 7 heteroatoms. The summed E-state index contributed by atoms with van der Waals surface area (Å²) >= 11 is 3.45. The highest BCUT2D eigenvalue weighted by Crippen LogP contribution is 2.68. The Kier molecular flexibility index (Phi) is 4.81. The molecule has 1 saturated carbocycles. The Hall–Kier alpha value is -2.87. The molecule has 0 unspecified atom stereocenters. The van der Waals surface area contributed by atoms with Gasteiger partial charge in [-0.1, -0.05) is 58.4 Å². The molecule has 1 amide bonds. The van der Waals surface area contributed by atoms with E-state index in [9.17, 15) is 15.0 Å². The van der Waals surface area contributed by atoms with Gasteiger partial charge < -0.3 is 25.4 Å². The fourth-order valence-electron chi connectivity index (χ4n) is 5.43. The van der Waals surface area contributed by atoms with Gasteiger partial charge in [0.25, 0.3) is 0 Å². The normalized spacial score (nSPS) is 30.3. The first-order valence-electron chi connectivity index (χ1n) is 10.2. The minimum Gasteiger partial charge on any atom is -0.497 e. The number of benzene rings is 3. The summed E-state index contributed by atoms with van der Waals surface area (Å²) in [4.78, 5) is 12.7. The third kappa shape index (κ3) is 2.62. The van der Waals surface area contributed by atoms with Gasteiger partial charge in [-0.15, -0.1) is 0 Å². The van der Waals surface area contributed by atoms with E-state index in [4.69, 9.17) is 15.2 Å². The molecule has 0 aromatic heterocycles. The molecule has 1 aliphatic heterocycles. The monoisotopic (exact) mass is 495 g/mol. The van der Waals surface area contributed by atoms with E-state index >= 15 is 0 Å². The molecular weight excluding hydrogens is 474 g/mol. The second kappa shape index (κ2) is 7.33. The van der Waals surface area contributed by atoms with E-state index in [-0.39, 0.29) is 0 Å². The zero-order chi connectivity index (χ0) is 22.7. The highest BCUT2D eigenvalue weighted by molar-refractivity contribution is 9.10. The molecule has 32 heavy (non-hydrogen) atoms. The minimum atomic E-state index is -1.93. The van der Waals surface area contributed by atoms with Crippen molar-refractivity contribution in [3.05, 3.63) is 94.0 Å². The van der Waals surface area contributed by atoms with Crippen LogP contribution in [-0.4, -0.2) is 29.3 Å². The summed E-state index contributed by atoms with van der Waals surface area (Å²) in [5.74, 6) is -1.60. The van der Waals surface area contributed by atoms with Crippen molar-refractivity contribution in [1.82, 2.24) is 0 Å². The molecule has 6 nitrogen and oxygen atoms in total. The molecular formula is C25H22BrNO5. The summed E-state index contributed by atoms with van der Waals surface area (Å²) in [5, 5.41) is 23.8. The van der Waals surface area contributed by atoms with E-state index in [2.05, 4.69) is 15.9 Å². The van der Waals surface area contributed by atoms with Crippen LogP contribution >= 0.6 is 15.9 Å². The predicted molar refractivity (Wildman–Crippen MR) is 121 cm³/mol. The Labute approximate surface area is 193 Å². The number of fused-ring (bicyclic) bond motifs is 3. The Morgan fingerprint density at radius 2 is 1.78 bits per heavy atom. The van der Waals surface area contributed by atoms with E-state index < -0.39 is 35.0 Å². The molecule has 4 N–H and O–H groups in total. The lowest BCUT2D eigenvalue weighted by Gasteiger charge is -2.40. The third-order valence-corrected chi connectivity index (χ3v) is 7.29. The highest BCUT2D eigenvalue weighted by Gasteiger charge is 2.77. The number of ether oxygens (including phenoxy) is 2. The first-order valence-corrected chi connectivity index (χ1v) is 11.0. The molecule has 5 rings (SSSR count). The summed E-state index contributed by atoms with van der Waals surface area (Å²) in [6, 6.07) is 21.6. The number of nitrogens with two attached hydrogens (primary N) is 1. The number of carbonyl (C=O) groups excluding carboxylic acids is 1. The van der Waals surface area contributed by atoms with Crippen molar-refractivity contribution >= 4 is 21.8 Å². The molecule has 1 aliphatic carbocycles. The average Bonchev–Trinajstić information content (AvgIpc) is 3.17. The number of aliphatic hydroxyl groups excluding tert-OH is 1. The summed E-state index contributed by atoms with van der Waals surface area (Å²) in [7, 11) is 1.54. The Morgan fingerprint density at radius 3 is 2.41 bits per heavy atom. The fraction of sp³-hybridized carbons (Fsp3) is 0.240. The lowest BCUT2D eigenvalue weighted by Crippen LogP contribution is -2.52. The number of primary amides is 1. The van der Waals surface area contributed by atoms with Crippen molar-refractivity contribution in [3.63, 3.8) is 0 Å². The van der Waals surface area contributed by atoms with Crippen molar-refractivity contribution in [2.45, 2.75) is 23.2 Å². The van der Waals surface area contributed by atoms with Gasteiger partial charge in [0.1, 0.15) is 17.6 Å². The molecule has 0 bridgehead atoms. The van der Waals surface area contributed by atoms with Crippen molar-refractivity contribution in [2.75, 3.05) is 7.11 Å². The Balaban J connectivity index is 1.86. The smallest absolute Gasteiger partial charge is 0.224 e. The molecule has 5 atom stereocenters. The quantitative estimate of drug-likeness (QED) is 0.515. The van der Waals surface area contributed by atoms with Crippen LogP contribution in [0.1, 0.15) is 22.6 Å². The van der Waals surface area contributed by atoms with Crippen LogP contribution in [0.5, 0.6) is 11.5 Å². The maximum absolute atomic E-state index is 12.7. The number of amides is 1. The number of methoxy groups -OCH3 is 1. The maximum Gasteiger partial charge on any atom is 0.224 e. The van der Waals surface area contributed by atoms with E-state index in [1.807, 2.05) is 54.6 Å². The lowest BCUT2D eigenvalue weighted by atomic mass is 9.70. The van der Waals surface area contributed by atoms with E-state index in [0.29, 0.717) is 22.6 Å². The molecule has 0 radical (unpaired) electrons. The second-order valence-electron chi connectivity index (χ2n) is 8.23. The van der Waals surface area contributed by atoms with Gasteiger partial charge in [0.2, 0.25) is 5.91 Å². The third-order valence-electron chi connectivity index (χ3n) is 6.76. The van der Waals surface area contributed by atoms with Crippen LogP contribution in [-0.2, 0) is 16.0 Å². The number of aliphatic hydroxyl groups is 2. The van der Waals surface area contributed by atoms with Crippen molar-refractivity contribution in [3.8, 4) is 11.5 Å². The Bertz CT molecular complexity index is 1180. The zero-order valence-corrected chi connectivity index (χ0v) is 18.8. The molecule has 3 aromatic carbocycles. The van der Waals surface area contributed by atoms with Crippen LogP contribution in [0.3, 0.4) is 0 Å². The van der Waals surface area contributed by atoms with Crippen molar-refractivity contribution in [1.29, 1.82) is 0 Å². The molecule has 3 aromatic rings. The number of hydrogen-bond acceptors (Lipinski definition) is 5. The van der Waals surface area contributed by atoms with Gasteiger partial charge in [-0.05, 0) is 35.4 Å². The molecule has 2 aliphatic rings. The minimum absolute atomic E-state index is 0.387. The standard InChI is InChI=1S/C25H22BrNO5/c1-31-17-11-12-18-19(13-17)32-25(15-7-9-16(26)10-8-15)21(14-5-3-2-4-6-14)20(23(27)29)22(28)24(18,25)30/h2-13,20-22,28,30H,1H3,(H2,27,29)/t20-,21-,22-,24+,25+/m1/s1. The topological polar surface area (TPSA) is 102 Å². The summed E-state index contributed by atoms with van der Waals surface area (Å²) in [6.07, 6.45) is -1.50. The van der Waals surface area contributed by atoms with Gasteiger partial charge in [0.15, 0.2) is 11.2 Å². The first kappa shape index (κ1) is 21.0. The number of halogens is 1. The van der Waals surface area contributed by atoms with Crippen LogP contribution in [0.4, 0.5) is 0 Å².